The van der Waals surface area contributed by atoms with E-state index in [4.69, 9.17) is 40.5 Å². The van der Waals surface area contributed by atoms with E-state index in [9.17, 15) is 0 Å². The topological polar surface area (TPSA) is 69.2 Å². The van der Waals surface area contributed by atoms with E-state index < -0.39 is 0 Å². The SMILES string of the molecule is Cc1nn(Cc2c(Cl)cccc2Cl)c(C)c1-n1c(-c2ccnn2C)n[nH]c1=S. The Morgan fingerprint density at radius 3 is 2.50 bits per heavy atom. The molecule has 0 amide bonds. The molecule has 0 bridgehead atoms. The Bertz CT molecular complexity index is 1210. The number of hydrogen-bond acceptors (Lipinski definition) is 4. The van der Waals surface area contributed by atoms with Crippen LogP contribution in [-0.2, 0) is 13.6 Å². The standard InChI is InChI=1S/C18H17Cl2N7S/c1-10-16(27-17(22-23-18(27)28)15-7-8-21-25(15)3)11(2)26(24-10)9-12-13(19)5-4-6-14(12)20/h4-8H,9H2,1-3H3,(H,23,28). The lowest BCUT2D eigenvalue weighted by atomic mass is 10.2. The largest absolute Gasteiger partial charge is 0.265 e. The molecule has 0 aliphatic rings. The van der Waals surface area contributed by atoms with Gasteiger partial charge in [0.05, 0.1) is 23.6 Å². The molecule has 3 aromatic heterocycles. The summed E-state index contributed by atoms with van der Waals surface area (Å²) < 4.78 is 5.99. The molecule has 0 aliphatic heterocycles. The maximum atomic E-state index is 6.34. The lowest BCUT2D eigenvalue weighted by molar-refractivity contribution is 0.658. The summed E-state index contributed by atoms with van der Waals surface area (Å²) in [6, 6.07) is 7.36. The molecule has 0 saturated carbocycles. The van der Waals surface area contributed by atoms with Crippen LogP contribution in [0.25, 0.3) is 17.2 Å². The van der Waals surface area contributed by atoms with E-state index in [0.717, 1.165) is 28.3 Å². The zero-order valence-electron chi connectivity index (χ0n) is 15.4. The minimum Gasteiger partial charge on any atom is -0.265 e. The number of nitrogens with one attached hydrogen (secondary N) is 1. The van der Waals surface area contributed by atoms with Gasteiger partial charge in [-0.05, 0) is 44.3 Å². The van der Waals surface area contributed by atoms with Crippen molar-refractivity contribution in [2.24, 2.45) is 7.05 Å². The summed E-state index contributed by atoms with van der Waals surface area (Å²) in [5.41, 5.74) is 4.29. The highest BCUT2D eigenvalue weighted by Crippen LogP contribution is 2.29. The number of rotatable bonds is 4. The van der Waals surface area contributed by atoms with Crippen molar-refractivity contribution < 1.29 is 0 Å². The molecule has 4 rings (SSSR count). The highest BCUT2D eigenvalue weighted by Gasteiger charge is 2.21. The zero-order chi connectivity index (χ0) is 20.0. The van der Waals surface area contributed by atoms with Crippen molar-refractivity contribution in [1.29, 1.82) is 0 Å². The second-order valence-corrected chi connectivity index (χ2v) is 7.61. The van der Waals surface area contributed by atoms with Gasteiger partial charge in [0.2, 0.25) is 0 Å². The van der Waals surface area contributed by atoms with E-state index in [1.54, 1.807) is 10.9 Å². The Balaban J connectivity index is 1.85. The Labute approximate surface area is 176 Å². The Morgan fingerprint density at radius 1 is 1.14 bits per heavy atom. The molecule has 28 heavy (non-hydrogen) atoms. The molecule has 10 heteroatoms. The molecular weight excluding hydrogens is 417 g/mol. The van der Waals surface area contributed by atoms with Gasteiger partial charge in [0.1, 0.15) is 5.69 Å². The summed E-state index contributed by atoms with van der Waals surface area (Å²) in [6.07, 6.45) is 1.72. The van der Waals surface area contributed by atoms with Crippen molar-refractivity contribution in [3.63, 3.8) is 0 Å². The zero-order valence-corrected chi connectivity index (χ0v) is 17.8. The van der Waals surface area contributed by atoms with Gasteiger partial charge in [-0.2, -0.15) is 15.3 Å². The summed E-state index contributed by atoms with van der Waals surface area (Å²) in [7, 11) is 1.86. The third-order valence-corrected chi connectivity index (χ3v) is 5.64. The fourth-order valence-corrected chi connectivity index (χ4v) is 4.01. The second kappa shape index (κ2) is 7.20. The van der Waals surface area contributed by atoms with E-state index in [1.165, 1.54) is 0 Å². The Kier molecular flexibility index (Phi) is 4.86. The lowest BCUT2D eigenvalue weighted by Gasteiger charge is -2.10. The van der Waals surface area contributed by atoms with Crippen LogP contribution in [0.2, 0.25) is 10.0 Å². The lowest BCUT2D eigenvalue weighted by Crippen LogP contribution is -2.07. The number of H-pyrrole nitrogens is 1. The molecule has 0 saturated heterocycles. The van der Waals surface area contributed by atoms with Gasteiger partial charge in [0.25, 0.3) is 0 Å². The first-order chi connectivity index (χ1) is 13.4. The van der Waals surface area contributed by atoms with E-state index in [2.05, 4.69) is 15.3 Å². The molecule has 4 aromatic rings. The first-order valence-corrected chi connectivity index (χ1v) is 9.68. The van der Waals surface area contributed by atoms with Gasteiger partial charge < -0.3 is 0 Å². The predicted octanol–water partition coefficient (Wildman–Crippen LogP) is 4.50. The molecule has 7 nitrogen and oxygen atoms in total. The van der Waals surface area contributed by atoms with E-state index in [-0.39, 0.29) is 0 Å². The van der Waals surface area contributed by atoms with Crippen molar-refractivity contribution in [3.8, 4) is 17.2 Å². The number of benzene rings is 1. The Morgan fingerprint density at radius 2 is 1.86 bits per heavy atom. The maximum Gasteiger partial charge on any atom is 0.200 e. The van der Waals surface area contributed by atoms with Crippen molar-refractivity contribution >= 4 is 35.4 Å². The van der Waals surface area contributed by atoms with Crippen LogP contribution >= 0.6 is 35.4 Å². The summed E-state index contributed by atoms with van der Waals surface area (Å²) in [5.74, 6) is 0.673. The van der Waals surface area contributed by atoms with Crippen LogP contribution in [0.4, 0.5) is 0 Å². The van der Waals surface area contributed by atoms with Gasteiger partial charge >= 0.3 is 0 Å². The van der Waals surface area contributed by atoms with Gasteiger partial charge in [0.15, 0.2) is 10.6 Å². The minimum atomic E-state index is 0.456. The molecule has 1 N–H and O–H groups in total. The highest BCUT2D eigenvalue weighted by atomic mass is 35.5. The van der Waals surface area contributed by atoms with Crippen molar-refractivity contribution in [2.45, 2.75) is 20.4 Å². The van der Waals surface area contributed by atoms with Crippen LogP contribution in [-0.4, -0.2) is 34.3 Å². The van der Waals surface area contributed by atoms with Gasteiger partial charge in [-0.3, -0.25) is 19.0 Å². The first kappa shape index (κ1) is 18.9. The minimum absolute atomic E-state index is 0.456. The smallest absolute Gasteiger partial charge is 0.200 e. The number of aryl methyl sites for hydroxylation is 2. The molecule has 1 aromatic carbocycles. The van der Waals surface area contributed by atoms with Crippen molar-refractivity contribution in [3.05, 3.63) is 62.2 Å². The average Bonchev–Trinajstić information content (AvgIpc) is 3.30. The summed E-state index contributed by atoms with van der Waals surface area (Å²) >= 11 is 18.2. The van der Waals surface area contributed by atoms with Crippen LogP contribution in [0.1, 0.15) is 17.0 Å². The van der Waals surface area contributed by atoms with Crippen molar-refractivity contribution in [1.82, 2.24) is 34.3 Å². The van der Waals surface area contributed by atoms with Gasteiger partial charge in [-0.25, -0.2) is 0 Å². The third-order valence-electron chi connectivity index (χ3n) is 4.66. The normalized spacial score (nSPS) is 11.3. The summed E-state index contributed by atoms with van der Waals surface area (Å²) in [6.45, 7) is 4.38. The molecule has 0 unspecified atom stereocenters. The number of nitrogens with zero attached hydrogens (tertiary/aromatic N) is 6. The number of aromatic nitrogens is 7. The number of aromatic amines is 1. The molecule has 0 radical (unpaired) electrons. The fraction of sp³-hybridized carbons (Fsp3) is 0.222. The van der Waals surface area contributed by atoms with E-state index >= 15 is 0 Å². The summed E-state index contributed by atoms with van der Waals surface area (Å²) in [4.78, 5) is 0. The van der Waals surface area contributed by atoms with Gasteiger partial charge in [-0.15, -0.1) is 0 Å². The Hall–Kier alpha value is -2.42. The molecular formula is C18H17Cl2N7S. The maximum absolute atomic E-state index is 6.34. The average molecular weight is 434 g/mol. The quantitative estimate of drug-likeness (QED) is 0.481. The third kappa shape index (κ3) is 3.07. The van der Waals surface area contributed by atoms with Crippen LogP contribution in [0, 0.1) is 18.6 Å². The molecule has 0 aliphatic carbocycles. The molecule has 0 spiro atoms. The van der Waals surface area contributed by atoms with Gasteiger partial charge in [-0.1, -0.05) is 29.3 Å². The highest BCUT2D eigenvalue weighted by molar-refractivity contribution is 7.71. The first-order valence-electron chi connectivity index (χ1n) is 8.51. The summed E-state index contributed by atoms with van der Waals surface area (Å²) in [5, 5.41) is 17.4. The molecule has 0 atom stereocenters. The number of halogens is 2. The molecule has 144 valence electrons. The number of hydrogen-bond donors (Lipinski definition) is 1. The second-order valence-electron chi connectivity index (χ2n) is 6.41. The fourth-order valence-electron chi connectivity index (χ4n) is 3.27. The van der Waals surface area contributed by atoms with E-state index in [0.29, 0.717) is 27.2 Å². The van der Waals surface area contributed by atoms with Crippen molar-refractivity contribution in [2.75, 3.05) is 0 Å². The van der Waals surface area contributed by atoms with Gasteiger partial charge in [0, 0.05) is 28.9 Å². The molecule has 3 heterocycles. The molecule has 0 fully saturated rings. The van der Waals surface area contributed by atoms with Crippen LogP contribution in [0.5, 0.6) is 0 Å². The monoisotopic (exact) mass is 433 g/mol. The van der Waals surface area contributed by atoms with Crippen LogP contribution in [0.3, 0.4) is 0 Å². The van der Waals surface area contributed by atoms with Crippen LogP contribution < -0.4 is 0 Å². The predicted molar refractivity (Wildman–Crippen MR) is 112 cm³/mol. The van der Waals surface area contributed by atoms with Crippen LogP contribution in [0.15, 0.2) is 30.5 Å². The van der Waals surface area contributed by atoms with E-state index in [1.807, 2.05) is 54.4 Å².